The van der Waals surface area contributed by atoms with Gasteiger partial charge in [0, 0.05) is 14.1 Å². The molecule has 1 rings (SSSR count). The Bertz CT molecular complexity index is 207. The number of rotatable bonds is 4. The predicted molar refractivity (Wildman–Crippen MR) is 59.4 cm³/mol. The van der Waals surface area contributed by atoms with Crippen LogP contribution in [0.3, 0.4) is 0 Å². The third-order valence-corrected chi connectivity index (χ3v) is 3.06. The summed E-state index contributed by atoms with van der Waals surface area (Å²) in [7, 11) is 3.49. The van der Waals surface area contributed by atoms with Gasteiger partial charge in [-0.1, -0.05) is 12.8 Å². The fourth-order valence-electron chi connectivity index (χ4n) is 1.97. The lowest BCUT2D eigenvalue weighted by molar-refractivity contribution is -0.137. The average Bonchev–Trinajstić information content (AvgIpc) is 2.26. The molecule has 0 aromatic rings. The van der Waals surface area contributed by atoms with Crippen LogP contribution in [0.15, 0.2) is 0 Å². The summed E-state index contributed by atoms with van der Waals surface area (Å²) in [6.07, 6.45) is 4.80. The molecule has 2 atom stereocenters. The largest absolute Gasteiger partial charge is 0.368 e. The van der Waals surface area contributed by atoms with Crippen LogP contribution in [0.4, 0.5) is 0 Å². The van der Waals surface area contributed by atoms with Crippen molar-refractivity contribution in [1.29, 1.82) is 0 Å². The number of ether oxygens (including phenoxy) is 1. The first-order valence-electron chi connectivity index (χ1n) is 5.67. The Labute approximate surface area is 91.8 Å². The highest BCUT2D eigenvalue weighted by molar-refractivity contribution is 5.76. The smallest absolute Gasteiger partial charge is 0.248 e. The van der Waals surface area contributed by atoms with Crippen molar-refractivity contribution in [1.82, 2.24) is 4.90 Å². The summed E-state index contributed by atoms with van der Waals surface area (Å²) in [5, 5.41) is 0. The number of likely N-dealkylation sites (N-methyl/N-ethyl adjacent to an activating group) is 1. The Kier molecular flexibility index (Phi) is 5.05. The highest BCUT2D eigenvalue weighted by Gasteiger charge is 2.25. The molecule has 0 heterocycles. The number of carbonyl (C=O) groups is 1. The van der Waals surface area contributed by atoms with Crippen molar-refractivity contribution < 1.29 is 9.53 Å². The Hall–Kier alpha value is -0.610. The first-order chi connectivity index (χ1) is 7.15. The van der Waals surface area contributed by atoms with Crippen LogP contribution in [0.25, 0.3) is 0 Å². The lowest BCUT2D eigenvalue weighted by Gasteiger charge is -2.30. The Morgan fingerprint density at radius 1 is 1.40 bits per heavy atom. The van der Waals surface area contributed by atoms with Gasteiger partial charge in [-0.15, -0.1) is 0 Å². The highest BCUT2D eigenvalue weighted by Crippen LogP contribution is 2.25. The van der Waals surface area contributed by atoms with E-state index >= 15 is 0 Å². The van der Waals surface area contributed by atoms with E-state index in [4.69, 9.17) is 10.5 Å². The van der Waals surface area contributed by atoms with Crippen molar-refractivity contribution in [3.05, 3.63) is 0 Å². The lowest BCUT2D eigenvalue weighted by Crippen LogP contribution is -2.36. The van der Waals surface area contributed by atoms with E-state index < -0.39 is 0 Å². The second-order valence-electron chi connectivity index (χ2n) is 4.42. The fraction of sp³-hybridized carbons (Fsp3) is 0.909. The predicted octanol–water partition coefficient (Wildman–Crippen LogP) is 0.609. The normalized spacial score (nSPS) is 26.3. The monoisotopic (exact) mass is 214 g/mol. The minimum Gasteiger partial charge on any atom is -0.368 e. The molecule has 1 amide bonds. The minimum absolute atomic E-state index is 0.0244. The van der Waals surface area contributed by atoms with Crippen LogP contribution in [0.5, 0.6) is 0 Å². The molecule has 0 aromatic heterocycles. The molecular formula is C11H22N2O2. The van der Waals surface area contributed by atoms with Gasteiger partial charge in [-0.05, 0) is 25.3 Å². The Morgan fingerprint density at radius 2 is 2.07 bits per heavy atom. The Morgan fingerprint density at radius 3 is 2.67 bits per heavy atom. The van der Waals surface area contributed by atoms with Gasteiger partial charge in [0.1, 0.15) is 6.61 Å². The van der Waals surface area contributed by atoms with Gasteiger partial charge in [-0.3, -0.25) is 4.79 Å². The van der Waals surface area contributed by atoms with Gasteiger partial charge in [-0.2, -0.15) is 0 Å². The molecule has 1 saturated carbocycles. The molecule has 0 spiro atoms. The molecule has 0 aromatic carbocycles. The van der Waals surface area contributed by atoms with Gasteiger partial charge < -0.3 is 15.4 Å². The molecule has 0 radical (unpaired) electrons. The van der Waals surface area contributed by atoms with Crippen molar-refractivity contribution >= 4 is 5.91 Å². The van der Waals surface area contributed by atoms with Crippen LogP contribution >= 0.6 is 0 Å². The summed E-state index contributed by atoms with van der Waals surface area (Å²) in [5.41, 5.74) is 5.68. The van der Waals surface area contributed by atoms with Gasteiger partial charge in [0.05, 0.1) is 6.10 Å². The molecule has 2 unspecified atom stereocenters. The summed E-state index contributed by atoms with van der Waals surface area (Å²) < 4.78 is 5.64. The zero-order chi connectivity index (χ0) is 11.3. The zero-order valence-electron chi connectivity index (χ0n) is 9.74. The van der Waals surface area contributed by atoms with E-state index in [2.05, 4.69) is 0 Å². The molecule has 4 heteroatoms. The maximum absolute atomic E-state index is 11.4. The molecule has 0 bridgehead atoms. The van der Waals surface area contributed by atoms with E-state index in [-0.39, 0.29) is 18.6 Å². The van der Waals surface area contributed by atoms with E-state index in [0.717, 1.165) is 12.8 Å². The van der Waals surface area contributed by atoms with Gasteiger partial charge in [0.2, 0.25) is 5.91 Å². The third-order valence-electron chi connectivity index (χ3n) is 3.06. The third kappa shape index (κ3) is 3.80. The second kappa shape index (κ2) is 6.08. The molecule has 1 aliphatic carbocycles. The van der Waals surface area contributed by atoms with Crippen LogP contribution in [0, 0.1) is 5.92 Å². The number of nitrogens with zero attached hydrogens (tertiary/aromatic N) is 1. The first kappa shape index (κ1) is 12.5. The first-order valence-corrected chi connectivity index (χ1v) is 5.67. The van der Waals surface area contributed by atoms with Crippen LogP contribution in [0.2, 0.25) is 0 Å². The van der Waals surface area contributed by atoms with Crippen molar-refractivity contribution in [2.45, 2.75) is 31.8 Å². The van der Waals surface area contributed by atoms with Gasteiger partial charge in [0.25, 0.3) is 0 Å². The van der Waals surface area contributed by atoms with Gasteiger partial charge in [-0.25, -0.2) is 0 Å². The number of hydrogen-bond acceptors (Lipinski definition) is 3. The quantitative estimate of drug-likeness (QED) is 0.746. The van der Waals surface area contributed by atoms with Gasteiger partial charge in [0.15, 0.2) is 0 Å². The van der Waals surface area contributed by atoms with Crippen molar-refractivity contribution in [2.75, 3.05) is 27.2 Å². The van der Waals surface area contributed by atoms with E-state index in [1.54, 1.807) is 19.0 Å². The lowest BCUT2D eigenvalue weighted by atomic mass is 9.86. The molecule has 88 valence electrons. The topological polar surface area (TPSA) is 55.6 Å². The molecule has 0 aliphatic heterocycles. The molecule has 4 nitrogen and oxygen atoms in total. The summed E-state index contributed by atoms with van der Waals surface area (Å²) in [5.74, 6) is 0.463. The molecule has 0 saturated heterocycles. The Balaban J connectivity index is 2.32. The van der Waals surface area contributed by atoms with Crippen molar-refractivity contribution in [3.8, 4) is 0 Å². The van der Waals surface area contributed by atoms with Crippen molar-refractivity contribution in [2.24, 2.45) is 11.7 Å². The van der Waals surface area contributed by atoms with Crippen LogP contribution in [0.1, 0.15) is 25.7 Å². The van der Waals surface area contributed by atoms with Crippen molar-refractivity contribution in [3.63, 3.8) is 0 Å². The summed E-state index contributed by atoms with van der Waals surface area (Å²) in [6.45, 7) is 0.856. The number of amides is 1. The molecular weight excluding hydrogens is 192 g/mol. The van der Waals surface area contributed by atoms with E-state index in [0.29, 0.717) is 12.5 Å². The van der Waals surface area contributed by atoms with Crippen LogP contribution in [-0.2, 0) is 9.53 Å². The zero-order valence-corrected chi connectivity index (χ0v) is 9.74. The highest BCUT2D eigenvalue weighted by atomic mass is 16.5. The summed E-state index contributed by atoms with van der Waals surface area (Å²) >= 11 is 0. The average molecular weight is 214 g/mol. The molecule has 15 heavy (non-hydrogen) atoms. The second-order valence-corrected chi connectivity index (χ2v) is 4.42. The molecule has 1 aliphatic rings. The maximum atomic E-state index is 11.4. The SMILES string of the molecule is CN(C)C(=O)COC1CCCCC1CN. The molecule has 2 N–H and O–H groups in total. The van der Waals surface area contributed by atoms with E-state index in [1.807, 2.05) is 0 Å². The summed E-state index contributed by atoms with van der Waals surface area (Å²) in [6, 6.07) is 0. The number of carbonyl (C=O) groups excluding carboxylic acids is 1. The van der Waals surface area contributed by atoms with Gasteiger partial charge >= 0.3 is 0 Å². The summed E-state index contributed by atoms with van der Waals surface area (Å²) in [4.78, 5) is 12.9. The fourth-order valence-corrected chi connectivity index (χ4v) is 1.97. The molecule has 1 fully saturated rings. The van der Waals surface area contributed by atoms with Crippen LogP contribution in [-0.4, -0.2) is 44.2 Å². The maximum Gasteiger partial charge on any atom is 0.248 e. The minimum atomic E-state index is 0.0244. The van der Waals surface area contributed by atoms with E-state index in [1.165, 1.54) is 12.8 Å². The number of nitrogens with two attached hydrogens (primary N) is 1. The standard InChI is InChI=1S/C11H22N2O2/c1-13(2)11(14)8-15-10-6-4-3-5-9(10)7-12/h9-10H,3-8,12H2,1-2H3. The number of hydrogen-bond donors (Lipinski definition) is 1. The van der Waals surface area contributed by atoms with E-state index in [9.17, 15) is 4.79 Å². The van der Waals surface area contributed by atoms with Crippen LogP contribution < -0.4 is 5.73 Å².